The number of carbonyl (C=O) groups is 2. The maximum Gasteiger partial charge on any atom is 0.342 e. The molecule has 4 nitrogen and oxygen atoms in total. The van der Waals surface area contributed by atoms with E-state index in [1.165, 1.54) is 11.8 Å². The van der Waals surface area contributed by atoms with E-state index in [0.29, 0.717) is 11.3 Å². The van der Waals surface area contributed by atoms with E-state index in [-0.39, 0.29) is 18.6 Å². The molecular weight excluding hydrogens is 182 g/mol. The molecule has 1 aliphatic rings. The van der Waals surface area contributed by atoms with Gasteiger partial charge >= 0.3 is 5.97 Å². The van der Waals surface area contributed by atoms with E-state index in [1.54, 1.807) is 24.3 Å². The van der Waals surface area contributed by atoms with Gasteiger partial charge in [-0.15, -0.1) is 0 Å². The first-order valence-corrected chi connectivity index (χ1v) is 4.24. The van der Waals surface area contributed by atoms with Crippen LogP contribution in [0.4, 0.5) is 5.69 Å². The number of carbonyl (C=O) groups excluding carboxylic acids is 2. The molecule has 72 valence electrons. The van der Waals surface area contributed by atoms with Crippen LogP contribution >= 0.6 is 0 Å². The maximum absolute atomic E-state index is 11.3. The number of nitrogens with zero attached hydrogens (tertiary/aromatic N) is 1. The Balaban J connectivity index is 2.52. The number of hydrogen-bond acceptors (Lipinski definition) is 3. The van der Waals surface area contributed by atoms with Crippen molar-refractivity contribution in [2.24, 2.45) is 0 Å². The number of amides is 1. The van der Waals surface area contributed by atoms with Crippen LogP contribution in [0.15, 0.2) is 24.3 Å². The zero-order valence-corrected chi connectivity index (χ0v) is 7.69. The predicted molar refractivity (Wildman–Crippen MR) is 49.9 cm³/mol. The average Bonchev–Trinajstić information content (AvgIpc) is 2.18. The first-order chi connectivity index (χ1) is 6.70. The molecule has 0 fully saturated rings. The monoisotopic (exact) mass is 191 g/mol. The molecule has 0 bridgehead atoms. The zero-order chi connectivity index (χ0) is 10.1. The number of ether oxygens (including phenoxy) is 1. The summed E-state index contributed by atoms with van der Waals surface area (Å²) in [7, 11) is 0. The Hall–Kier alpha value is -1.84. The lowest BCUT2D eigenvalue weighted by molar-refractivity contribution is -0.117. The molecule has 4 heteroatoms. The van der Waals surface area contributed by atoms with E-state index in [0.717, 1.165) is 0 Å². The predicted octanol–water partition coefficient (Wildman–Crippen LogP) is 1.17. The number of rotatable bonds is 0. The van der Waals surface area contributed by atoms with E-state index >= 15 is 0 Å². The number of para-hydroxylation sites is 1. The lowest BCUT2D eigenvalue weighted by Crippen LogP contribution is -2.37. The van der Waals surface area contributed by atoms with Crippen LogP contribution in [0.3, 0.4) is 0 Å². The fourth-order valence-electron chi connectivity index (χ4n) is 1.41. The molecule has 1 aromatic carbocycles. The molecule has 14 heavy (non-hydrogen) atoms. The minimum atomic E-state index is -0.377. The summed E-state index contributed by atoms with van der Waals surface area (Å²) >= 11 is 0. The van der Waals surface area contributed by atoms with Gasteiger partial charge in [0.05, 0.1) is 11.3 Å². The Kier molecular flexibility index (Phi) is 1.96. The molecule has 0 aromatic heterocycles. The highest BCUT2D eigenvalue weighted by atomic mass is 16.5. The molecule has 1 aliphatic heterocycles. The number of benzene rings is 1. The summed E-state index contributed by atoms with van der Waals surface area (Å²) < 4.78 is 4.84. The summed E-state index contributed by atoms with van der Waals surface area (Å²) in [5.74, 6) is -0.511. The van der Waals surface area contributed by atoms with Crippen molar-refractivity contribution < 1.29 is 14.3 Å². The Morgan fingerprint density at radius 1 is 1.43 bits per heavy atom. The van der Waals surface area contributed by atoms with Gasteiger partial charge in [0.2, 0.25) is 5.91 Å². The highest BCUT2D eigenvalue weighted by Gasteiger charge is 2.25. The van der Waals surface area contributed by atoms with Gasteiger partial charge < -0.3 is 4.74 Å². The second-order valence-electron chi connectivity index (χ2n) is 3.03. The molecule has 0 spiro atoms. The highest BCUT2D eigenvalue weighted by Crippen LogP contribution is 2.25. The normalized spacial score (nSPS) is 14.6. The molecule has 0 N–H and O–H groups in total. The van der Waals surface area contributed by atoms with Crippen LogP contribution in [0.2, 0.25) is 0 Å². The lowest BCUT2D eigenvalue weighted by Gasteiger charge is -2.27. The van der Waals surface area contributed by atoms with E-state index < -0.39 is 0 Å². The van der Waals surface area contributed by atoms with Gasteiger partial charge in [0.1, 0.15) is 0 Å². The standard InChI is InChI=1S/C10H9NO3/c1-7(12)11-6-14-10(13)8-4-2-3-5-9(8)11/h2-5H,6H2,1H3. The van der Waals surface area contributed by atoms with Crippen LogP contribution in [0.25, 0.3) is 0 Å². The molecule has 1 heterocycles. The third-order valence-corrected chi connectivity index (χ3v) is 2.12. The summed E-state index contributed by atoms with van der Waals surface area (Å²) in [5.41, 5.74) is 1.06. The molecule has 0 aliphatic carbocycles. The average molecular weight is 191 g/mol. The Morgan fingerprint density at radius 3 is 2.86 bits per heavy atom. The molecule has 0 atom stereocenters. The molecule has 0 saturated heterocycles. The van der Waals surface area contributed by atoms with Gasteiger partial charge in [0.25, 0.3) is 0 Å². The molecule has 2 rings (SSSR count). The van der Waals surface area contributed by atoms with Crippen LogP contribution in [0.5, 0.6) is 0 Å². The van der Waals surface area contributed by atoms with Gasteiger partial charge in [-0.05, 0) is 12.1 Å². The Morgan fingerprint density at radius 2 is 2.14 bits per heavy atom. The summed E-state index contributed by atoms with van der Waals surface area (Å²) in [6.07, 6.45) is 0. The minimum absolute atomic E-state index is 0.00514. The van der Waals surface area contributed by atoms with Crippen molar-refractivity contribution in [1.29, 1.82) is 0 Å². The first-order valence-electron chi connectivity index (χ1n) is 4.24. The van der Waals surface area contributed by atoms with Gasteiger partial charge in [-0.2, -0.15) is 0 Å². The Labute approximate surface area is 81.1 Å². The first kappa shape index (κ1) is 8.74. The van der Waals surface area contributed by atoms with Crippen molar-refractivity contribution in [2.45, 2.75) is 6.92 Å². The van der Waals surface area contributed by atoms with Crippen molar-refractivity contribution in [2.75, 3.05) is 11.6 Å². The van der Waals surface area contributed by atoms with Crippen molar-refractivity contribution in [3.05, 3.63) is 29.8 Å². The van der Waals surface area contributed by atoms with Crippen LogP contribution in [0, 0.1) is 0 Å². The fourth-order valence-corrected chi connectivity index (χ4v) is 1.41. The van der Waals surface area contributed by atoms with Gasteiger partial charge in [-0.1, -0.05) is 12.1 Å². The maximum atomic E-state index is 11.3. The zero-order valence-electron chi connectivity index (χ0n) is 7.69. The SMILES string of the molecule is CC(=O)N1COC(=O)c2ccccc21. The van der Waals surface area contributed by atoms with E-state index in [4.69, 9.17) is 4.74 Å². The number of fused-ring (bicyclic) bond motifs is 1. The summed E-state index contributed by atoms with van der Waals surface area (Å²) in [6.45, 7) is 1.45. The largest absolute Gasteiger partial charge is 0.440 e. The van der Waals surface area contributed by atoms with Crippen LogP contribution in [0.1, 0.15) is 17.3 Å². The highest BCUT2D eigenvalue weighted by molar-refractivity contribution is 6.03. The van der Waals surface area contributed by atoms with Gasteiger partial charge in [-0.3, -0.25) is 9.69 Å². The van der Waals surface area contributed by atoms with Crippen LogP contribution < -0.4 is 4.90 Å². The Bertz CT molecular complexity index is 400. The van der Waals surface area contributed by atoms with E-state index in [2.05, 4.69) is 0 Å². The minimum Gasteiger partial charge on any atom is -0.440 e. The van der Waals surface area contributed by atoms with Crippen LogP contribution in [-0.2, 0) is 9.53 Å². The number of esters is 1. The van der Waals surface area contributed by atoms with Crippen LogP contribution in [-0.4, -0.2) is 18.6 Å². The van der Waals surface area contributed by atoms with Gasteiger partial charge in [-0.25, -0.2) is 4.79 Å². The lowest BCUT2D eigenvalue weighted by atomic mass is 10.1. The molecule has 1 aromatic rings. The third-order valence-electron chi connectivity index (χ3n) is 2.12. The van der Waals surface area contributed by atoms with Crippen molar-refractivity contribution in [3.63, 3.8) is 0 Å². The molecule has 1 amide bonds. The summed E-state index contributed by atoms with van der Waals surface area (Å²) in [5, 5.41) is 0. The van der Waals surface area contributed by atoms with Gasteiger partial charge in [0.15, 0.2) is 6.73 Å². The van der Waals surface area contributed by atoms with Crippen molar-refractivity contribution in [1.82, 2.24) is 0 Å². The summed E-state index contributed by atoms with van der Waals surface area (Å²) in [6, 6.07) is 6.90. The van der Waals surface area contributed by atoms with Gasteiger partial charge in [0, 0.05) is 6.92 Å². The topological polar surface area (TPSA) is 46.6 Å². The fraction of sp³-hybridized carbons (Fsp3) is 0.200. The third kappa shape index (κ3) is 1.25. The molecule has 0 radical (unpaired) electrons. The van der Waals surface area contributed by atoms with Crippen molar-refractivity contribution >= 4 is 17.6 Å². The number of cyclic esters (lactones) is 1. The smallest absolute Gasteiger partial charge is 0.342 e. The van der Waals surface area contributed by atoms with E-state index in [9.17, 15) is 9.59 Å². The quantitative estimate of drug-likeness (QED) is 0.578. The second kappa shape index (κ2) is 3.14. The van der Waals surface area contributed by atoms with E-state index in [1.807, 2.05) is 0 Å². The molecular formula is C10H9NO3. The molecule has 0 saturated carbocycles. The summed E-state index contributed by atoms with van der Waals surface area (Å²) in [4.78, 5) is 23.9. The second-order valence-corrected chi connectivity index (χ2v) is 3.03. The number of hydrogen-bond donors (Lipinski definition) is 0. The van der Waals surface area contributed by atoms with Crippen molar-refractivity contribution in [3.8, 4) is 0 Å². The molecule has 0 unspecified atom stereocenters. The number of anilines is 1.